The van der Waals surface area contributed by atoms with Crippen LogP contribution in [0.3, 0.4) is 0 Å². The number of hydrogen-bond acceptors (Lipinski definition) is 5. The summed E-state index contributed by atoms with van der Waals surface area (Å²) in [6.07, 6.45) is 0.207. The van der Waals surface area contributed by atoms with Gasteiger partial charge in [-0.3, -0.25) is 13.9 Å². The average molecular weight is 662 g/mol. The molecule has 0 aromatic heterocycles. The molecule has 0 spiro atoms. The van der Waals surface area contributed by atoms with Gasteiger partial charge in [0.1, 0.15) is 18.3 Å². The highest BCUT2D eigenvalue weighted by Gasteiger charge is 2.35. The van der Waals surface area contributed by atoms with Gasteiger partial charge in [0.2, 0.25) is 11.8 Å². The lowest BCUT2D eigenvalue weighted by Gasteiger charge is -2.35. The molecular formula is C36H40ClN3O5S. The fourth-order valence-corrected chi connectivity index (χ4v) is 6.59. The first-order valence-corrected chi connectivity index (χ1v) is 16.7. The van der Waals surface area contributed by atoms with Crippen LogP contribution in [0.25, 0.3) is 0 Å². The van der Waals surface area contributed by atoms with Crippen LogP contribution in [0.4, 0.5) is 5.69 Å². The normalized spacial score (nSPS) is 12.2. The second-order valence-electron chi connectivity index (χ2n) is 12.1. The van der Waals surface area contributed by atoms with Crippen molar-refractivity contribution in [3.8, 4) is 5.75 Å². The Morgan fingerprint density at radius 2 is 1.52 bits per heavy atom. The van der Waals surface area contributed by atoms with Gasteiger partial charge < -0.3 is 15.0 Å². The highest BCUT2D eigenvalue weighted by Crippen LogP contribution is 2.28. The van der Waals surface area contributed by atoms with Gasteiger partial charge in [-0.1, -0.05) is 77.8 Å². The van der Waals surface area contributed by atoms with Gasteiger partial charge in [-0.2, -0.15) is 0 Å². The number of amides is 2. The molecule has 242 valence electrons. The molecule has 4 rings (SSSR count). The fourth-order valence-electron chi connectivity index (χ4n) is 4.97. The van der Waals surface area contributed by atoms with Crippen molar-refractivity contribution in [3.63, 3.8) is 0 Å². The fraction of sp³-hybridized carbons (Fsp3) is 0.278. The standard InChI is InChI=1S/C36H40ClN3O5S/c1-26-17-19-32(20-18-26)46(43,44)40(30-15-10-16-31(23-30)45-5)25-34(41)39(24-28-13-9-14-29(37)21-28)33(35(42)38-36(2,3)4)22-27-11-7-6-8-12-27/h6-21,23,33H,22,24-25H2,1-5H3,(H,38,42)/t33-/m1/s1. The van der Waals surface area contributed by atoms with Crippen LogP contribution in [0.15, 0.2) is 108 Å². The molecule has 0 heterocycles. The van der Waals surface area contributed by atoms with Gasteiger partial charge in [0.15, 0.2) is 0 Å². The van der Waals surface area contributed by atoms with Crippen molar-refractivity contribution in [1.29, 1.82) is 0 Å². The Kier molecular flexibility index (Phi) is 11.1. The summed E-state index contributed by atoms with van der Waals surface area (Å²) in [7, 11) is -2.75. The van der Waals surface area contributed by atoms with E-state index in [0.717, 1.165) is 15.4 Å². The van der Waals surface area contributed by atoms with Crippen LogP contribution in [0, 0.1) is 6.92 Å². The molecule has 0 saturated carbocycles. The first kappa shape index (κ1) is 34.5. The van der Waals surface area contributed by atoms with Gasteiger partial charge >= 0.3 is 0 Å². The number of carbonyl (C=O) groups excluding carboxylic acids is 2. The Hall–Kier alpha value is -4.34. The Morgan fingerprint density at radius 1 is 0.870 bits per heavy atom. The molecule has 0 bridgehead atoms. The highest BCUT2D eigenvalue weighted by atomic mass is 35.5. The number of nitrogens with one attached hydrogen (secondary N) is 1. The summed E-state index contributed by atoms with van der Waals surface area (Å²) in [5.74, 6) is -0.499. The third-order valence-corrected chi connectivity index (χ3v) is 9.26. The molecule has 0 aliphatic rings. The van der Waals surface area contributed by atoms with Crippen molar-refractivity contribution in [1.82, 2.24) is 10.2 Å². The van der Waals surface area contributed by atoms with Crippen LogP contribution in [0.1, 0.15) is 37.5 Å². The second-order valence-corrected chi connectivity index (χ2v) is 14.4. The first-order chi connectivity index (χ1) is 21.8. The number of halogens is 1. The first-order valence-electron chi connectivity index (χ1n) is 14.9. The number of benzene rings is 4. The maximum Gasteiger partial charge on any atom is 0.264 e. The molecule has 0 aliphatic heterocycles. The number of sulfonamides is 1. The van der Waals surface area contributed by atoms with Gasteiger partial charge in [-0.05, 0) is 75.2 Å². The Bertz CT molecular complexity index is 1760. The zero-order chi connectivity index (χ0) is 33.5. The van der Waals surface area contributed by atoms with Crippen molar-refractivity contribution >= 4 is 39.1 Å². The van der Waals surface area contributed by atoms with Gasteiger partial charge in [0, 0.05) is 29.6 Å². The molecule has 1 N–H and O–H groups in total. The molecule has 0 unspecified atom stereocenters. The van der Waals surface area contributed by atoms with Crippen LogP contribution >= 0.6 is 11.6 Å². The number of aryl methyl sites for hydroxylation is 1. The average Bonchev–Trinajstić information content (AvgIpc) is 3.01. The van der Waals surface area contributed by atoms with Crippen LogP contribution in [-0.2, 0) is 32.6 Å². The van der Waals surface area contributed by atoms with Crippen LogP contribution < -0.4 is 14.4 Å². The lowest BCUT2D eigenvalue weighted by molar-refractivity contribution is -0.140. The zero-order valence-corrected chi connectivity index (χ0v) is 28.3. The molecular weight excluding hydrogens is 622 g/mol. The zero-order valence-electron chi connectivity index (χ0n) is 26.7. The van der Waals surface area contributed by atoms with E-state index in [4.69, 9.17) is 16.3 Å². The number of rotatable bonds is 12. The number of nitrogens with zero attached hydrogens (tertiary/aromatic N) is 2. The highest BCUT2D eigenvalue weighted by molar-refractivity contribution is 7.92. The molecule has 0 aliphatic carbocycles. The summed E-state index contributed by atoms with van der Waals surface area (Å²) in [5.41, 5.74) is 2.09. The molecule has 0 fully saturated rings. The van der Waals surface area contributed by atoms with E-state index in [1.54, 1.807) is 54.6 Å². The number of anilines is 1. The lowest BCUT2D eigenvalue weighted by Crippen LogP contribution is -2.56. The van der Waals surface area contributed by atoms with E-state index in [-0.39, 0.29) is 29.5 Å². The summed E-state index contributed by atoms with van der Waals surface area (Å²) >= 11 is 6.32. The molecule has 2 amide bonds. The summed E-state index contributed by atoms with van der Waals surface area (Å²) < 4.78 is 34.9. The SMILES string of the molecule is COc1cccc(N(CC(=O)N(Cc2cccc(Cl)c2)[C@H](Cc2ccccc2)C(=O)NC(C)(C)C)S(=O)(=O)c2ccc(C)cc2)c1. The van der Waals surface area contributed by atoms with Crippen molar-refractivity contribution in [2.75, 3.05) is 18.0 Å². The Labute approximate surface area is 277 Å². The molecule has 1 atom stereocenters. The number of carbonyl (C=O) groups is 2. The second kappa shape index (κ2) is 14.8. The molecule has 0 radical (unpaired) electrons. The molecule has 10 heteroatoms. The summed E-state index contributed by atoms with van der Waals surface area (Å²) in [6.45, 7) is 6.91. The van der Waals surface area contributed by atoms with Gasteiger partial charge in [-0.25, -0.2) is 8.42 Å². The topological polar surface area (TPSA) is 96.0 Å². The molecule has 46 heavy (non-hydrogen) atoms. The number of ether oxygens (including phenoxy) is 1. The van der Waals surface area contributed by atoms with Crippen LogP contribution in [0.5, 0.6) is 5.75 Å². The summed E-state index contributed by atoms with van der Waals surface area (Å²) in [5, 5.41) is 3.50. The van der Waals surface area contributed by atoms with Crippen LogP contribution in [0.2, 0.25) is 5.02 Å². The van der Waals surface area contributed by atoms with E-state index in [9.17, 15) is 18.0 Å². The van der Waals surface area contributed by atoms with E-state index in [1.807, 2.05) is 64.1 Å². The van der Waals surface area contributed by atoms with E-state index >= 15 is 0 Å². The third kappa shape index (κ3) is 9.11. The third-order valence-electron chi connectivity index (χ3n) is 7.24. The largest absolute Gasteiger partial charge is 0.497 e. The quantitative estimate of drug-likeness (QED) is 0.189. The minimum Gasteiger partial charge on any atom is -0.497 e. The number of methoxy groups -OCH3 is 1. The molecule has 4 aromatic rings. The molecule has 0 saturated heterocycles. The van der Waals surface area contributed by atoms with Gasteiger partial charge in [0.05, 0.1) is 17.7 Å². The van der Waals surface area contributed by atoms with Gasteiger partial charge in [-0.15, -0.1) is 0 Å². The van der Waals surface area contributed by atoms with Crippen molar-refractivity contribution in [2.45, 2.75) is 57.1 Å². The van der Waals surface area contributed by atoms with E-state index in [2.05, 4.69) is 5.32 Å². The van der Waals surface area contributed by atoms with Crippen molar-refractivity contribution < 1.29 is 22.7 Å². The predicted octanol–water partition coefficient (Wildman–Crippen LogP) is 6.41. The Morgan fingerprint density at radius 3 is 2.15 bits per heavy atom. The smallest absolute Gasteiger partial charge is 0.264 e. The summed E-state index contributed by atoms with van der Waals surface area (Å²) in [4.78, 5) is 30.0. The minimum atomic E-state index is -4.23. The van der Waals surface area contributed by atoms with Gasteiger partial charge in [0.25, 0.3) is 10.0 Å². The van der Waals surface area contributed by atoms with Crippen molar-refractivity contribution in [3.05, 3.63) is 125 Å². The molecule has 8 nitrogen and oxygen atoms in total. The monoisotopic (exact) mass is 661 g/mol. The summed E-state index contributed by atoms with van der Waals surface area (Å²) in [6, 6.07) is 28.4. The maximum absolute atomic E-state index is 14.6. The van der Waals surface area contributed by atoms with E-state index < -0.39 is 34.1 Å². The van der Waals surface area contributed by atoms with Crippen LogP contribution in [-0.4, -0.2) is 50.4 Å². The van der Waals surface area contributed by atoms with E-state index in [1.165, 1.54) is 24.1 Å². The maximum atomic E-state index is 14.6. The Balaban J connectivity index is 1.83. The predicted molar refractivity (Wildman–Crippen MR) is 183 cm³/mol. The molecule has 4 aromatic carbocycles. The lowest BCUT2D eigenvalue weighted by atomic mass is 10.0. The van der Waals surface area contributed by atoms with E-state index in [0.29, 0.717) is 16.3 Å². The minimum absolute atomic E-state index is 0.0188. The number of hydrogen-bond donors (Lipinski definition) is 1. The van der Waals surface area contributed by atoms with Crippen molar-refractivity contribution in [2.24, 2.45) is 0 Å².